The Kier molecular flexibility index (Phi) is 5.48. The molecule has 1 saturated carbocycles. The molecule has 4 nitrogen and oxygen atoms in total. The number of rotatable bonds is 7. The van der Waals surface area contributed by atoms with Crippen LogP contribution < -0.4 is 14.8 Å². The van der Waals surface area contributed by atoms with E-state index >= 15 is 0 Å². The first-order chi connectivity index (χ1) is 9.29. The van der Waals surface area contributed by atoms with Gasteiger partial charge in [0.15, 0.2) is 11.5 Å². The molecule has 0 aliphatic heterocycles. The number of hydrogen-bond acceptors (Lipinski definition) is 4. The van der Waals surface area contributed by atoms with E-state index in [2.05, 4.69) is 5.32 Å². The van der Waals surface area contributed by atoms with Crippen LogP contribution in [-0.4, -0.2) is 38.0 Å². The second-order valence-corrected chi connectivity index (χ2v) is 5.04. The van der Waals surface area contributed by atoms with Crippen LogP contribution in [0.5, 0.6) is 11.5 Å². The molecule has 0 spiro atoms. The molecule has 19 heavy (non-hydrogen) atoms. The van der Waals surface area contributed by atoms with Crippen molar-refractivity contribution in [2.45, 2.75) is 25.4 Å². The fourth-order valence-corrected chi connectivity index (χ4v) is 2.51. The van der Waals surface area contributed by atoms with E-state index in [1.54, 1.807) is 7.11 Å². The molecule has 2 N–H and O–H groups in total. The fraction of sp³-hybridized carbons (Fsp3) is 0.600. The molecule has 2 unspecified atom stereocenters. The standard InChI is InChI=1S/C15H23NO3/c1-18-14-4-2-3-5-15(14)19-9-8-16-11-12-6-7-13(17)10-12/h2-5,12-13,16-17H,6-11H2,1H3. The largest absolute Gasteiger partial charge is 0.493 e. The van der Waals surface area contributed by atoms with Gasteiger partial charge in [0, 0.05) is 6.54 Å². The summed E-state index contributed by atoms with van der Waals surface area (Å²) in [5.74, 6) is 2.16. The van der Waals surface area contributed by atoms with E-state index in [-0.39, 0.29) is 6.10 Å². The summed E-state index contributed by atoms with van der Waals surface area (Å²) in [6.45, 7) is 2.40. The van der Waals surface area contributed by atoms with E-state index in [1.807, 2.05) is 24.3 Å². The molecule has 0 aromatic heterocycles. The summed E-state index contributed by atoms with van der Waals surface area (Å²) >= 11 is 0. The van der Waals surface area contributed by atoms with Crippen molar-refractivity contribution in [3.8, 4) is 11.5 Å². The lowest BCUT2D eigenvalue weighted by atomic mass is 10.1. The van der Waals surface area contributed by atoms with Gasteiger partial charge in [-0.1, -0.05) is 12.1 Å². The number of hydrogen-bond donors (Lipinski definition) is 2. The first-order valence-electron chi connectivity index (χ1n) is 6.94. The number of aliphatic hydroxyl groups is 1. The van der Waals surface area contributed by atoms with E-state index in [1.165, 1.54) is 0 Å². The number of aliphatic hydroxyl groups excluding tert-OH is 1. The second-order valence-electron chi connectivity index (χ2n) is 5.04. The van der Waals surface area contributed by atoms with Crippen molar-refractivity contribution in [1.29, 1.82) is 0 Å². The minimum absolute atomic E-state index is 0.0865. The Bertz CT molecular complexity index is 383. The Morgan fingerprint density at radius 1 is 1.26 bits per heavy atom. The van der Waals surface area contributed by atoms with Gasteiger partial charge in [0.1, 0.15) is 6.61 Å². The minimum atomic E-state index is -0.0865. The molecule has 4 heteroatoms. The Balaban J connectivity index is 1.61. The molecule has 1 aliphatic carbocycles. The number of methoxy groups -OCH3 is 1. The molecule has 1 aliphatic rings. The number of ether oxygens (including phenoxy) is 2. The van der Waals surface area contributed by atoms with Crippen molar-refractivity contribution in [2.75, 3.05) is 26.8 Å². The minimum Gasteiger partial charge on any atom is -0.493 e. The third kappa shape index (κ3) is 4.40. The van der Waals surface area contributed by atoms with Crippen LogP contribution in [0.25, 0.3) is 0 Å². The van der Waals surface area contributed by atoms with Crippen LogP contribution in [0, 0.1) is 5.92 Å². The van der Waals surface area contributed by atoms with E-state index in [0.717, 1.165) is 43.9 Å². The van der Waals surface area contributed by atoms with Gasteiger partial charge < -0.3 is 19.9 Å². The smallest absolute Gasteiger partial charge is 0.161 e. The molecule has 0 bridgehead atoms. The zero-order chi connectivity index (χ0) is 13.5. The van der Waals surface area contributed by atoms with Gasteiger partial charge in [-0.15, -0.1) is 0 Å². The lowest BCUT2D eigenvalue weighted by Gasteiger charge is -2.13. The monoisotopic (exact) mass is 265 g/mol. The van der Waals surface area contributed by atoms with Crippen molar-refractivity contribution in [1.82, 2.24) is 5.32 Å². The molecule has 1 aromatic carbocycles. The summed E-state index contributed by atoms with van der Waals surface area (Å²) in [6, 6.07) is 7.66. The predicted molar refractivity (Wildman–Crippen MR) is 74.7 cm³/mol. The maximum atomic E-state index is 9.44. The van der Waals surface area contributed by atoms with E-state index in [4.69, 9.17) is 9.47 Å². The molecule has 0 amide bonds. The third-order valence-corrected chi connectivity index (χ3v) is 3.55. The van der Waals surface area contributed by atoms with Crippen molar-refractivity contribution >= 4 is 0 Å². The van der Waals surface area contributed by atoms with Crippen LogP contribution in [0.3, 0.4) is 0 Å². The van der Waals surface area contributed by atoms with Crippen molar-refractivity contribution in [2.24, 2.45) is 5.92 Å². The molecule has 2 atom stereocenters. The normalized spacial score (nSPS) is 22.4. The molecule has 1 fully saturated rings. The van der Waals surface area contributed by atoms with Crippen LogP contribution in [0.1, 0.15) is 19.3 Å². The van der Waals surface area contributed by atoms with E-state index in [0.29, 0.717) is 12.5 Å². The summed E-state index contributed by atoms with van der Waals surface area (Å²) < 4.78 is 10.9. The molecular weight excluding hydrogens is 242 g/mol. The molecule has 1 aromatic rings. The van der Waals surface area contributed by atoms with Crippen molar-refractivity contribution in [3.63, 3.8) is 0 Å². The summed E-state index contributed by atoms with van der Waals surface area (Å²) in [5.41, 5.74) is 0. The van der Waals surface area contributed by atoms with E-state index in [9.17, 15) is 5.11 Å². The van der Waals surface area contributed by atoms with Gasteiger partial charge in [-0.25, -0.2) is 0 Å². The van der Waals surface area contributed by atoms with Gasteiger partial charge >= 0.3 is 0 Å². The van der Waals surface area contributed by atoms with Crippen LogP contribution in [0.15, 0.2) is 24.3 Å². The first-order valence-corrected chi connectivity index (χ1v) is 6.94. The fourth-order valence-electron chi connectivity index (χ4n) is 2.51. The third-order valence-electron chi connectivity index (χ3n) is 3.55. The lowest BCUT2D eigenvalue weighted by Crippen LogP contribution is -2.26. The van der Waals surface area contributed by atoms with Gasteiger partial charge in [-0.05, 0) is 43.9 Å². The lowest BCUT2D eigenvalue weighted by molar-refractivity contribution is 0.177. The quantitative estimate of drug-likeness (QED) is 0.738. The summed E-state index contributed by atoms with van der Waals surface area (Å²) in [5, 5.41) is 12.8. The number of nitrogens with one attached hydrogen (secondary N) is 1. The topological polar surface area (TPSA) is 50.7 Å². The van der Waals surface area contributed by atoms with Crippen LogP contribution >= 0.6 is 0 Å². The molecular formula is C15H23NO3. The van der Waals surface area contributed by atoms with Gasteiger partial charge in [0.25, 0.3) is 0 Å². The zero-order valence-electron chi connectivity index (χ0n) is 11.5. The Hall–Kier alpha value is -1.26. The van der Waals surface area contributed by atoms with E-state index < -0.39 is 0 Å². The summed E-state index contributed by atoms with van der Waals surface area (Å²) in [4.78, 5) is 0. The molecule has 2 rings (SSSR count). The first kappa shape index (κ1) is 14.2. The highest BCUT2D eigenvalue weighted by Crippen LogP contribution is 2.26. The molecule has 0 radical (unpaired) electrons. The number of benzene rings is 1. The highest BCUT2D eigenvalue weighted by atomic mass is 16.5. The van der Waals surface area contributed by atoms with Gasteiger partial charge in [-0.2, -0.15) is 0 Å². The Morgan fingerprint density at radius 2 is 2.05 bits per heavy atom. The Labute approximate surface area is 114 Å². The molecule has 0 heterocycles. The predicted octanol–water partition coefficient (Wildman–Crippen LogP) is 1.82. The summed E-state index contributed by atoms with van der Waals surface area (Å²) in [6.07, 6.45) is 2.92. The summed E-state index contributed by atoms with van der Waals surface area (Å²) in [7, 11) is 1.64. The van der Waals surface area contributed by atoms with Gasteiger partial charge in [-0.3, -0.25) is 0 Å². The highest BCUT2D eigenvalue weighted by molar-refractivity contribution is 5.39. The number of para-hydroxylation sites is 2. The maximum absolute atomic E-state index is 9.44. The second kappa shape index (κ2) is 7.36. The average Bonchev–Trinajstić information content (AvgIpc) is 2.84. The van der Waals surface area contributed by atoms with Crippen molar-refractivity contribution < 1.29 is 14.6 Å². The zero-order valence-corrected chi connectivity index (χ0v) is 11.5. The molecule has 0 saturated heterocycles. The van der Waals surface area contributed by atoms with Gasteiger partial charge in [0.2, 0.25) is 0 Å². The van der Waals surface area contributed by atoms with Crippen LogP contribution in [0.4, 0.5) is 0 Å². The Morgan fingerprint density at radius 3 is 2.74 bits per heavy atom. The van der Waals surface area contributed by atoms with Crippen LogP contribution in [0.2, 0.25) is 0 Å². The maximum Gasteiger partial charge on any atom is 0.161 e. The van der Waals surface area contributed by atoms with Crippen LogP contribution in [-0.2, 0) is 0 Å². The highest BCUT2D eigenvalue weighted by Gasteiger charge is 2.21. The SMILES string of the molecule is COc1ccccc1OCCNCC1CCC(O)C1. The average molecular weight is 265 g/mol. The van der Waals surface area contributed by atoms with Crippen molar-refractivity contribution in [3.05, 3.63) is 24.3 Å². The molecule has 106 valence electrons. The van der Waals surface area contributed by atoms with Gasteiger partial charge in [0.05, 0.1) is 13.2 Å².